The molecule has 1 aromatic carbocycles. The third-order valence-corrected chi connectivity index (χ3v) is 4.30. The van der Waals surface area contributed by atoms with Crippen LogP contribution in [0.25, 0.3) is 0 Å². The van der Waals surface area contributed by atoms with E-state index in [1.807, 2.05) is 0 Å². The molecule has 28 heavy (non-hydrogen) atoms. The van der Waals surface area contributed by atoms with Gasteiger partial charge in [0.15, 0.2) is 0 Å². The number of rotatable bonds is 6. The van der Waals surface area contributed by atoms with Crippen LogP contribution < -0.4 is 5.32 Å². The maximum atomic E-state index is 11.8. The first kappa shape index (κ1) is 21.1. The van der Waals surface area contributed by atoms with Crippen molar-refractivity contribution in [2.45, 2.75) is 43.0 Å². The van der Waals surface area contributed by atoms with Gasteiger partial charge in [-0.15, -0.1) is 5.10 Å². The van der Waals surface area contributed by atoms with Gasteiger partial charge in [0.2, 0.25) is 5.16 Å². The van der Waals surface area contributed by atoms with E-state index in [2.05, 4.69) is 20.8 Å². The lowest BCUT2D eigenvalue weighted by atomic mass is 10.1. The van der Waals surface area contributed by atoms with Gasteiger partial charge in [-0.1, -0.05) is 0 Å². The molecule has 2 rings (SSSR count). The summed E-state index contributed by atoms with van der Waals surface area (Å²) in [7, 11) is 1.57. The average Bonchev–Trinajstić information content (AvgIpc) is 2.95. The summed E-state index contributed by atoms with van der Waals surface area (Å²) in [6.07, 6.45) is -0.754. The summed E-state index contributed by atoms with van der Waals surface area (Å²) in [4.78, 5) is 34.3. The molecule has 1 heterocycles. The number of nitro benzene ring substituents is 1. The lowest BCUT2D eigenvalue weighted by molar-refractivity contribution is -0.385. The number of carboxylic acids is 1. The summed E-state index contributed by atoms with van der Waals surface area (Å²) < 4.78 is 6.43. The molecule has 0 aliphatic carbocycles. The number of aromatic carboxylic acids is 1. The number of carboxylic acid groups (broad SMARTS) is 1. The van der Waals surface area contributed by atoms with Crippen molar-refractivity contribution in [1.29, 1.82) is 0 Å². The fraction of sp³-hybridized carbons (Fsp3) is 0.400. The number of hydrogen-bond donors (Lipinski definition) is 2. The number of nitrogens with one attached hydrogen (secondary N) is 1. The number of aromatic nitrogens is 4. The molecular formula is C15H18N6O6S. The first-order chi connectivity index (χ1) is 13.0. The largest absolute Gasteiger partial charge is 0.478 e. The molecule has 1 amide bonds. The molecule has 2 aromatic rings. The Bertz CT molecular complexity index is 922. The van der Waals surface area contributed by atoms with E-state index in [4.69, 9.17) is 4.74 Å². The Morgan fingerprint density at radius 3 is 2.57 bits per heavy atom. The molecule has 0 spiro atoms. The normalized spacial score (nSPS) is 11.1. The molecule has 0 aliphatic rings. The highest BCUT2D eigenvalue weighted by molar-refractivity contribution is 7.99. The van der Waals surface area contributed by atoms with Crippen molar-refractivity contribution in [1.82, 2.24) is 25.5 Å². The quantitative estimate of drug-likeness (QED) is 0.532. The SMILES string of the molecule is Cn1nnnc1Sc1cc(CNC(=O)OC(C)(C)C)c([N+](=O)[O-])cc1C(=O)O. The van der Waals surface area contributed by atoms with Gasteiger partial charge < -0.3 is 15.2 Å². The highest BCUT2D eigenvalue weighted by Gasteiger charge is 2.24. The van der Waals surface area contributed by atoms with Crippen LogP contribution in [0.4, 0.5) is 10.5 Å². The van der Waals surface area contributed by atoms with Gasteiger partial charge in [-0.05, 0) is 49.0 Å². The number of carbonyl (C=O) groups excluding carboxylic acids is 1. The molecule has 0 atom stereocenters. The van der Waals surface area contributed by atoms with Crippen molar-refractivity contribution in [2.24, 2.45) is 7.05 Å². The molecule has 0 bridgehead atoms. The third kappa shape index (κ3) is 5.39. The first-order valence-electron chi connectivity index (χ1n) is 7.89. The molecule has 150 valence electrons. The molecule has 1 aromatic heterocycles. The predicted molar refractivity (Wildman–Crippen MR) is 96.1 cm³/mol. The first-order valence-corrected chi connectivity index (χ1v) is 8.71. The van der Waals surface area contributed by atoms with Gasteiger partial charge in [0, 0.05) is 18.0 Å². The maximum absolute atomic E-state index is 11.8. The van der Waals surface area contributed by atoms with Crippen LogP contribution in [-0.2, 0) is 18.3 Å². The minimum Gasteiger partial charge on any atom is -0.478 e. The fourth-order valence-corrected chi connectivity index (χ4v) is 2.96. The predicted octanol–water partition coefficient (Wildman–Crippen LogP) is 1.99. The van der Waals surface area contributed by atoms with Crippen LogP contribution in [0.1, 0.15) is 36.7 Å². The number of carbonyl (C=O) groups is 2. The Kier molecular flexibility index (Phi) is 6.18. The fourth-order valence-electron chi connectivity index (χ4n) is 2.06. The van der Waals surface area contributed by atoms with Crippen molar-refractivity contribution >= 4 is 29.5 Å². The Morgan fingerprint density at radius 2 is 2.07 bits per heavy atom. The van der Waals surface area contributed by atoms with E-state index in [0.29, 0.717) is 5.16 Å². The van der Waals surface area contributed by atoms with Crippen molar-refractivity contribution in [3.8, 4) is 0 Å². The van der Waals surface area contributed by atoms with Crippen LogP contribution in [0, 0.1) is 10.1 Å². The van der Waals surface area contributed by atoms with Crippen LogP contribution in [0.3, 0.4) is 0 Å². The molecule has 2 N–H and O–H groups in total. The van der Waals surface area contributed by atoms with E-state index in [9.17, 15) is 24.8 Å². The van der Waals surface area contributed by atoms with E-state index in [1.54, 1.807) is 27.8 Å². The summed E-state index contributed by atoms with van der Waals surface area (Å²) in [5.74, 6) is -1.34. The monoisotopic (exact) mass is 410 g/mol. The molecule has 12 nitrogen and oxygen atoms in total. The van der Waals surface area contributed by atoms with Gasteiger partial charge in [0.05, 0.1) is 22.6 Å². The Morgan fingerprint density at radius 1 is 1.39 bits per heavy atom. The lowest BCUT2D eigenvalue weighted by Gasteiger charge is -2.19. The summed E-state index contributed by atoms with van der Waals surface area (Å²) in [5.41, 5.74) is -1.34. The maximum Gasteiger partial charge on any atom is 0.407 e. The number of nitrogens with zero attached hydrogens (tertiary/aromatic N) is 5. The number of amides is 1. The van der Waals surface area contributed by atoms with E-state index < -0.39 is 28.3 Å². The number of benzene rings is 1. The zero-order valence-electron chi connectivity index (χ0n) is 15.5. The minimum atomic E-state index is -1.34. The molecule has 13 heteroatoms. The summed E-state index contributed by atoms with van der Waals surface area (Å²) >= 11 is 0.934. The van der Waals surface area contributed by atoms with E-state index in [-0.39, 0.29) is 22.6 Å². The van der Waals surface area contributed by atoms with Crippen molar-refractivity contribution in [2.75, 3.05) is 0 Å². The number of alkyl carbamates (subject to hydrolysis) is 1. The number of tetrazole rings is 1. The topological polar surface area (TPSA) is 162 Å². The van der Waals surface area contributed by atoms with Gasteiger partial charge >= 0.3 is 12.1 Å². The summed E-state index contributed by atoms with van der Waals surface area (Å²) in [6.45, 7) is 4.82. The van der Waals surface area contributed by atoms with Crippen LogP contribution in [-0.4, -0.2) is 47.9 Å². The van der Waals surface area contributed by atoms with Crippen LogP contribution in [0.5, 0.6) is 0 Å². The zero-order chi connectivity index (χ0) is 21.1. The number of ether oxygens (including phenoxy) is 1. The smallest absolute Gasteiger partial charge is 0.407 e. The van der Waals surface area contributed by atoms with Crippen molar-refractivity contribution in [3.63, 3.8) is 0 Å². The second kappa shape index (κ2) is 8.21. The number of nitro groups is 1. The molecule has 0 aliphatic heterocycles. The van der Waals surface area contributed by atoms with E-state index in [1.165, 1.54) is 10.7 Å². The lowest BCUT2D eigenvalue weighted by Crippen LogP contribution is -2.32. The zero-order valence-corrected chi connectivity index (χ0v) is 16.3. The highest BCUT2D eigenvalue weighted by Crippen LogP contribution is 2.33. The van der Waals surface area contributed by atoms with Crippen LogP contribution >= 0.6 is 11.8 Å². The van der Waals surface area contributed by atoms with E-state index >= 15 is 0 Å². The Labute approximate surface area is 163 Å². The molecular weight excluding hydrogens is 392 g/mol. The van der Waals surface area contributed by atoms with E-state index in [0.717, 1.165) is 17.8 Å². The van der Waals surface area contributed by atoms with Gasteiger partial charge in [0.25, 0.3) is 5.69 Å². The highest BCUT2D eigenvalue weighted by atomic mass is 32.2. The van der Waals surface area contributed by atoms with Crippen LogP contribution in [0.2, 0.25) is 0 Å². The summed E-state index contributed by atoms with van der Waals surface area (Å²) in [5, 5.41) is 34.4. The van der Waals surface area contributed by atoms with Gasteiger partial charge in [-0.3, -0.25) is 10.1 Å². The molecule has 0 saturated heterocycles. The average molecular weight is 410 g/mol. The second-order valence-corrected chi connectivity index (χ2v) is 7.59. The van der Waals surface area contributed by atoms with Crippen LogP contribution in [0.15, 0.2) is 22.2 Å². The van der Waals surface area contributed by atoms with Gasteiger partial charge in [0.1, 0.15) is 5.60 Å². The van der Waals surface area contributed by atoms with Gasteiger partial charge in [-0.2, -0.15) is 0 Å². The Hall–Kier alpha value is -3.22. The van der Waals surface area contributed by atoms with Crippen molar-refractivity contribution < 1.29 is 24.4 Å². The number of aryl methyl sites for hydroxylation is 1. The minimum absolute atomic E-state index is 0.110. The standard InChI is InChI=1S/C15H18N6O6S/c1-15(2,3)27-14(24)16-7-8-5-11(28-13-17-18-19-20(13)4)9(12(22)23)6-10(8)21(25)26/h5-6H,7H2,1-4H3,(H,16,24)(H,22,23). The van der Waals surface area contributed by atoms with Crippen molar-refractivity contribution in [3.05, 3.63) is 33.4 Å². The summed E-state index contributed by atoms with van der Waals surface area (Å²) in [6, 6.07) is 2.26. The van der Waals surface area contributed by atoms with Gasteiger partial charge in [-0.25, -0.2) is 14.3 Å². The Balaban J connectivity index is 2.38. The molecule has 0 saturated carbocycles. The second-order valence-electron chi connectivity index (χ2n) is 6.58. The molecule has 0 fully saturated rings. The third-order valence-electron chi connectivity index (χ3n) is 3.21. The molecule has 0 unspecified atom stereocenters. The molecule has 0 radical (unpaired) electrons. The number of hydrogen-bond acceptors (Lipinski definition) is 9.